The molecular weight excluding hydrogens is 216 g/mol. The summed E-state index contributed by atoms with van der Waals surface area (Å²) in [5, 5.41) is 0. The largest absolute Gasteiger partial charge is 0.465 e. The van der Waals surface area contributed by atoms with Crippen molar-refractivity contribution in [2.45, 2.75) is 19.8 Å². The molecule has 2 aliphatic rings. The molecule has 17 heavy (non-hydrogen) atoms. The Bertz CT molecular complexity index is 264. The zero-order chi connectivity index (χ0) is 12.3. The summed E-state index contributed by atoms with van der Waals surface area (Å²) in [5.41, 5.74) is 0. The number of nitrogens with zero attached hydrogens (tertiary/aromatic N) is 2. The van der Waals surface area contributed by atoms with Crippen LogP contribution in [0.3, 0.4) is 0 Å². The summed E-state index contributed by atoms with van der Waals surface area (Å²) in [5.74, 6) is 0.703. The average Bonchev–Trinajstić information content (AvgIpc) is 2.33. The van der Waals surface area contributed by atoms with Gasteiger partial charge in [0.2, 0.25) is 0 Å². The van der Waals surface area contributed by atoms with Gasteiger partial charge in [-0.15, -0.1) is 0 Å². The number of rotatable bonds is 4. The fourth-order valence-corrected chi connectivity index (χ4v) is 2.79. The van der Waals surface area contributed by atoms with Gasteiger partial charge in [0.05, 0.1) is 12.5 Å². The number of hydrogen-bond donors (Lipinski definition) is 0. The summed E-state index contributed by atoms with van der Waals surface area (Å²) in [6.07, 6.45) is 2.12. The maximum absolute atomic E-state index is 11.9. The van der Waals surface area contributed by atoms with E-state index < -0.39 is 0 Å². The normalized spacial score (nSPS) is 27.8. The Hall–Kier alpha value is -0.610. The van der Waals surface area contributed by atoms with Gasteiger partial charge in [-0.05, 0) is 33.0 Å². The van der Waals surface area contributed by atoms with Gasteiger partial charge < -0.3 is 14.5 Å². The molecule has 2 fully saturated rings. The summed E-state index contributed by atoms with van der Waals surface area (Å²) in [4.78, 5) is 16.5. The van der Waals surface area contributed by atoms with Gasteiger partial charge in [0.25, 0.3) is 0 Å². The first-order chi connectivity index (χ1) is 8.19. The molecule has 0 saturated carbocycles. The van der Waals surface area contributed by atoms with Crippen LogP contribution in [0.1, 0.15) is 19.8 Å². The highest BCUT2D eigenvalue weighted by atomic mass is 16.5. The van der Waals surface area contributed by atoms with Gasteiger partial charge in [-0.1, -0.05) is 6.92 Å². The summed E-state index contributed by atoms with van der Waals surface area (Å²) >= 11 is 0. The highest BCUT2D eigenvalue weighted by Gasteiger charge is 2.29. The van der Waals surface area contributed by atoms with E-state index in [-0.39, 0.29) is 11.9 Å². The van der Waals surface area contributed by atoms with E-state index in [0.29, 0.717) is 12.5 Å². The SMILES string of the molecule is CCN1CCCC(C(=O)OCC2CN(C)C2)C1. The number of hydrogen-bond acceptors (Lipinski definition) is 4. The zero-order valence-electron chi connectivity index (χ0n) is 11.0. The zero-order valence-corrected chi connectivity index (χ0v) is 11.0. The van der Waals surface area contributed by atoms with Crippen LogP contribution in [-0.2, 0) is 9.53 Å². The van der Waals surface area contributed by atoms with E-state index in [2.05, 4.69) is 23.8 Å². The monoisotopic (exact) mass is 240 g/mol. The molecule has 0 spiro atoms. The van der Waals surface area contributed by atoms with Crippen LogP contribution in [-0.4, -0.2) is 62.1 Å². The molecule has 98 valence electrons. The Morgan fingerprint density at radius 2 is 2.12 bits per heavy atom. The van der Waals surface area contributed by atoms with Crippen LogP contribution in [0.4, 0.5) is 0 Å². The minimum atomic E-state index is 0.0257. The average molecular weight is 240 g/mol. The molecule has 4 heteroatoms. The summed E-state index contributed by atoms with van der Waals surface area (Å²) < 4.78 is 5.43. The van der Waals surface area contributed by atoms with Crippen molar-refractivity contribution in [1.82, 2.24) is 9.80 Å². The van der Waals surface area contributed by atoms with Crippen molar-refractivity contribution in [1.29, 1.82) is 0 Å². The lowest BCUT2D eigenvalue weighted by molar-refractivity contribution is -0.153. The Balaban J connectivity index is 1.68. The van der Waals surface area contributed by atoms with E-state index in [1.165, 1.54) is 0 Å². The van der Waals surface area contributed by atoms with E-state index in [9.17, 15) is 4.79 Å². The molecule has 1 unspecified atom stereocenters. The second-order valence-corrected chi connectivity index (χ2v) is 5.45. The molecule has 2 rings (SSSR count). The lowest BCUT2D eigenvalue weighted by Gasteiger charge is -2.36. The maximum Gasteiger partial charge on any atom is 0.310 e. The molecule has 0 bridgehead atoms. The minimum absolute atomic E-state index is 0.0257. The van der Waals surface area contributed by atoms with Crippen LogP contribution in [0.15, 0.2) is 0 Å². The maximum atomic E-state index is 11.9. The van der Waals surface area contributed by atoms with Crippen LogP contribution in [0.2, 0.25) is 0 Å². The molecule has 2 aliphatic heterocycles. The molecule has 0 aromatic heterocycles. The first-order valence-corrected chi connectivity index (χ1v) is 6.76. The number of carbonyl (C=O) groups is 1. The number of esters is 1. The predicted molar refractivity (Wildman–Crippen MR) is 66.8 cm³/mol. The van der Waals surface area contributed by atoms with Gasteiger partial charge in [0.15, 0.2) is 0 Å². The first-order valence-electron chi connectivity index (χ1n) is 6.76. The molecule has 4 nitrogen and oxygen atoms in total. The van der Waals surface area contributed by atoms with Crippen LogP contribution in [0, 0.1) is 11.8 Å². The highest BCUT2D eigenvalue weighted by Crippen LogP contribution is 2.19. The summed E-state index contributed by atoms with van der Waals surface area (Å²) in [6.45, 7) is 7.96. The molecular formula is C13H24N2O2. The molecule has 0 aliphatic carbocycles. The molecule has 0 aromatic carbocycles. The lowest BCUT2D eigenvalue weighted by atomic mass is 9.98. The second kappa shape index (κ2) is 5.83. The predicted octanol–water partition coefficient (Wildman–Crippen LogP) is 0.823. The fraction of sp³-hybridized carbons (Fsp3) is 0.923. The quantitative estimate of drug-likeness (QED) is 0.681. The Kier molecular flexibility index (Phi) is 4.40. The fourth-order valence-electron chi connectivity index (χ4n) is 2.79. The third-order valence-corrected chi connectivity index (χ3v) is 3.89. The van der Waals surface area contributed by atoms with Crippen molar-refractivity contribution in [3.8, 4) is 0 Å². The molecule has 0 radical (unpaired) electrons. The van der Waals surface area contributed by atoms with Gasteiger partial charge in [-0.25, -0.2) is 0 Å². The van der Waals surface area contributed by atoms with Crippen molar-refractivity contribution < 1.29 is 9.53 Å². The van der Waals surface area contributed by atoms with E-state index >= 15 is 0 Å². The van der Waals surface area contributed by atoms with Gasteiger partial charge in [0, 0.05) is 25.6 Å². The van der Waals surface area contributed by atoms with Gasteiger partial charge in [-0.2, -0.15) is 0 Å². The molecule has 2 heterocycles. The summed E-state index contributed by atoms with van der Waals surface area (Å²) in [7, 11) is 2.10. The van der Waals surface area contributed by atoms with Crippen molar-refractivity contribution in [3.63, 3.8) is 0 Å². The van der Waals surface area contributed by atoms with Gasteiger partial charge >= 0.3 is 5.97 Å². The van der Waals surface area contributed by atoms with Crippen LogP contribution in [0.25, 0.3) is 0 Å². The van der Waals surface area contributed by atoms with Gasteiger partial charge in [0.1, 0.15) is 0 Å². The third-order valence-electron chi connectivity index (χ3n) is 3.89. The number of carbonyl (C=O) groups excluding carboxylic acids is 1. The molecule has 0 amide bonds. The van der Waals surface area contributed by atoms with Crippen LogP contribution >= 0.6 is 0 Å². The van der Waals surface area contributed by atoms with E-state index in [1.54, 1.807) is 0 Å². The molecule has 0 N–H and O–H groups in total. The topological polar surface area (TPSA) is 32.8 Å². The Morgan fingerprint density at radius 1 is 1.35 bits per heavy atom. The number of piperidine rings is 1. The summed E-state index contributed by atoms with van der Waals surface area (Å²) in [6, 6.07) is 0. The van der Waals surface area contributed by atoms with Crippen LogP contribution in [0.5, 0.6) is 0 Å². The van der Waals surface area contributed by atoms with E-state index in [0.717, 1.165) is 45.6 Å². The van der Waals surface area contributed by atoms with E-state index in [4.69, 9.17) is 4.74 Å². The molecule has 1 atom stereocenters. The van der Waals surface area contributed by atoms with E-state index in [1.807, 2.05) is 0 Å². The van der Waals surface area contributed by atoms with Gasteiger partial charge in [-0.3, -0.25) is 4.79 Å². The molecule has 2 saturated heterocycles. The van der Waals surface area contributed by atoms with Crippen molar-refractivity contribution >= 4 is 5.97 Å². The lowest BCUT2D eigenvalue weighted by Crippen LogP contribution is -2.47. The van der Waals surface area contributed by atoms with Crippen molar-refractivity contribution in [3.05, 3.63) is 0 Å². The molecule has 0 aromatic rings. The third kappa shape index (κ3) is 3.42. The van der Waals surface area contributed by atoms with Crippen molar-refractivity contribution in [2.24, 2.45) is 11.8 Å². The smallest absolute Gasteiger partial charge is 0.310 e. The Morgan fingerprint density at radius 3 is 2.76 bits per heavy atom. The highest BCUT2D eigenvalue weighted by molar-refractivity contribution is 5.72. The number of ether oxygens (including phenoxy) is 1. The van der Waals surface area contributed by atoms with Crippen molar-refractivity contribution in [2.75, 3.05) is 46.4 Å². The standard InChI is InChI=1S/C13H24N2O2/c1-3-15-6-4-5-12(9-15)13(16)17-10-11-7-14(2)8-11/h11-12H,3-10H2,1-2H3. The second-order valence-electron chi connectivity index (χ2n) is 5.45. The first kappa shape index (κ1) is 12.8. The van der Waals surface area contributed by atoms with Crippen LogP contribution < -0.4 is 0 Å². The number of likely N-dealkylation sites (tertiary alicyclic amines) is 2. The minimum Gasteiger partial charge on any atom is -0.465 e. The Labute approximate surface area is 104 Å².